The van der Waals surface area contributed by atoms with Crippen molar-refractivity contribution < 1.29 is 9.53 Å². The van der Waals surface area contributed by atoms with Gasteiger partial charge >= 0.3 is 5.97 Å². The zero-order valence-electron chi connectivity index (χ0n) is 11.3. The van der Waals surface area contributed by atoms with E-state index in [9.17, 15) is 4.79 Å². The van der Waals surface area contributed by atoms with Crippen LogP contribution in [0.1, 0.15) is 25.5 Å². The summed E-state index contributed by atoms with van der Waals surface area (Å²) < 4.78 is 5.21. The lowest BCUT2D eigenvalue weighted by Crippen LogP contribution is -2.31. The van der Waals surface area contributed by atoms with E-state index in [2.05, 4.69) is 10.3 Å². The highest BCUT2D eigenvalue weighted by Gasteiger charge is 2.27. The van der Waals surface area contributed by atoms with Crippen LogP contribution in [0.4, 0.5) is 0 Å². The Morgan fingerprint density at radius 3 is 2.79 bits per heavy atom. The summed E-state index contributed by atoms with van der Waals surface area (Å²) in [6, 6.07) is 5.37. The number of nitrogens with zero attached hydrogens (tertiary/aromatic N) is 1. The van der Waals surface area contributed by atoms with E-state index in [1.807, 2.05) is 26.0 Å². The first-order valence-electron chi connectivity index (χ1n) is 5.98. The minimum atomic E-state index is -0.660. The summed E-state index contributed by atoms with van der Waals surface area (Å²) in [7, 11) is 1.68. The van der Waals surface area contributed by atoms with Crippen molar-refractivity contribution in [3.05, 3.63) is 41.7 Å². The van der Waals surface area contributed by atoms with Gasteiger partial charge in [0, 0.05) is 13.2 Å². The third kappa shape index (κ3) is 4.79. The van der Waals surface area contributed by atoms with Crippen LogP contribution in [0.5, 0.6) is 0 Å². The topological polar surface area (TPSA) is 51.2 Å². The highest BCUT2D eigenvalue weighted by Crippen LogP contribution is 2.16. The van der Waals surface area contributed by atoms with Crippen LogP contribution in [0.3, 0.4) is 0 Å². The Morgan fingerprint density at radius 1 is 1.53 bits per heavy atom. The Bertz CT molecular complexity index is 468. The third-order valence-corrected chi connectivity index (χ3v) is 2.88. The first kappa shape index (κ1) is 15.3. The van der Waals surface area contributed by atoms with Gasteiger partial charge in [0.2, 0.25) is 0 Å². The van der Waals surface area contributed by atoms with Crippen molar-refractivity contribution in [2.45, 2.75) is 19.8 Å². The molecule has 5 heteroatoms. The molecule has 0 bridgehead atoms. The van der Waals surface area contributed by atoms with E-state index < -0.39 is 11.9 Å². The minimum absolute atomic E-state index is 0.247. The van der Waals surface area contributed by atoms with Crippen LogP contribution >= 0.6 is 12.2 Å². The number of hydrogen-bond donors (Lipinski definition) is 1. The summed E-state index contributed by atoms with van der Waals surface area (Å²) in [5.74, 6) is -1.05. The first-order chi connectivity index (χ1) is 9.06. The van der Waals surface area contributed by atoms with Crippen LogP contribution in [0, 0.1) is 0 Å². The second-order valence-electron chi connectivity index (χ2n) is 4.21. The van der Waals surface area contributed by atoms with Crippen molar-refractivity contribution in [3.8, 4) is 0 Å². The predicted molar refractivity (Wildman–Crippen MR) is 79.0 cm³/mol. The van der Waals surface area contributed by atoms with E-state index in [0.29, 0.717) is 10.7 Å². The van der Waals surface area contributed by atoms with Crippen molar-refractivity contribution in [3.63, 3.8) is 0 Å². The largest absolute Gasteiger partial charge is 0.461 e. The molecule has 102 valence electrons. The summed E-state index contributed by atoms with van der Waals surface area (Å²) in [4.78, 5) is 16.7. The average Bonchev–Trinajstić information content (AvgIpc) is 2.39. The van der Waals surface area contributed by atoms with Gasteiger partial charge in [-0.1, -0.05) is 23.9 Å². The van der Waals surface area contributed by atoms with Crippen LogP contribution in [0.25, 0.3) is 0 Å². The number of carbonyl (C=O) groups excluding carboxylic acids is 1. The van der Waals surface area contributed by atoms with Crippen molar-refractivity contribution >= 4 is 23.2 Å². The van der Waals surface area contributed by atoms with Crippen LogP contribution in [-0.2, 0) is 9.53 Å². The van der Waals surface area contributed by atoms with Crippen molar-refractivity contribution in [2.24, 2.45) is 0 Å². The van der Waals surface area contributed by atoms with Crippen LogP contribution < -0.4 is 5.32 Å². The monoisotopic (exact) mass is 278 g/mol. The van der Waals surface area contributed by atoms with Gasteiger partial charge in [0.1, 0.15) is 12.5 Å². The minimum Gasteiger partial charge on any atom is -0.461 e. The molecule has 1 rings (SSSR count). The predicted octanol–water partition coefficient (Wildman–Crippen LogP) is 2.22. The normalized spacial score (nSPS) is 11.3. The zero-order valence-corrected chi connectivity index (χ0v) is 12.2. The lowest BCUT2D eigenvalue weighted by Gasteiger charge is -2.15. The fourth-order valence-corrected chi connectivity index (χ4v) is 1.64. The highest BCUT2D eigenvalue weighted by atomic mass is 32.1. The number of esters is 1. The van der Waals surface area contributed by atoms with E-state index in [0.717, 1.165) is 5.57 Å². The molecule has 0 aliphatic heterocycles. The van der Waals surface area contributed by atoms with E-state index in [4.69, 9.17) is 17.0 Å². The molecule has 0 saturated carbocycles. The van der Waals surface area contributed by atoms with Crippen LogP contribution in [0.15, 0.2) is 36.0 Å². The number of ether oxygens (including phenoxy) is 1. The summed E-state index contributed by atoms with van der Waals surface area (Å²) >= 11 is 5.17. The molecule has 1 aromatic rings. The lowest BCUT2D eigenvalue weighted by molar-refractivity contribution is -0.142. The summed E-state index contributed by atoms with van der Waals surface area (Å²) in [6.07, 6.45) is 3.47. The van der Waals surface area contributed by atoms with E-state index >= 15 is 0 Å². The molecule has 19 heavy (non-hydrogen) atoms. The molecule has 1 atom stereocenters. The lowest BCUT2D eigenvalue weighted by atomic mass is 10.1. The molecule has 0 saturated heterocycles. The molecule has 0 aliphatic rings. The molecule has 0 aliphatic carbocycles. The Labute approximate surface area is 118 Å². The Kier molecular flexibility index (Phi) is 6.15. The molecule has 1 heterocycles. The maximum atomic E-state index is 12.1. The van der Waals surface area contributed by atoms with Crippen molar-refractivity contribution in [1.82, 2.24) is 10.3 Å². The van der Waals surface area contributed by atoms with Gasteiger partial charge in [-0.3, -0.25) is 9.78 Å². The number of carbonyl (C=O) groups is 1. The van der Waals surface area contributed by atoms with Gasteiger partial charge in [-0.05, 0) is 32.1 Å². The second kappa shape index (κ2) is 7.63. The molecule has 1 unspecified atom stereocenters. The molecule has 0 aromatic carbocycles. The Hall–Kier alpha value is -1.75. The maximum Gasteiger partial charge on any atom is 0.322 e. The SMILES string of the molecule is CNC(=S)C(C(=O)OCC=C(C)C)c1ccccn1. The molecule has 0 radical (unpaired) electrons. The fraction of sp³-hybridized carbons (Fsp3) is 0.357. The molecule has 1 aromatic heterocycles. The fourth-order valence-electron chi connectivity index (χ4n) is 1.43. The van der Waals surface area contributed by atoms with Crippen molar-refractivity contribution in [1.29, 1.82) is 0 Å². The quantitative estimate of drug-likeness (QED) is 0.508. The van der Waals surface area contributed by atoms with Gasteiger partial charge in [0.25, 0.3) is 0 Å². The molecule has 4 nitrogen and oxygen atoms in total. The average molecular weight is 278 g/mol. The number of hydrogen-bond acceptors (Lipinski definition) is 4. The zero-order chi connectivity index (χ0) is 14.3. The number of rotatable bonds is 5. The van der Waals surface area contributed by atoms with E-state index in [1.165, 1.54) is 0 Å². The van der Waals surface area contributed by atoms with Gasteiger partial charge in [0.15, 0.2) is 0 Å². The van der Waals surface area contributed by atoms with E-state index in [-0.39, 0.29) is 6.61 Å². The van der Waals surface area contributed by atoms with Gasteiger partial charge in [-0.2, -0.15) is 0 Å². The molecule has 1 N–H and O–H groups in total. The molecular weight excluding hydrogens is 260 g/mol. The smallest absolute Gasteiger partial charge is 0.322 e. The van der Waals surface area contributed by atoms with Gasteiger partial charge in [-0.15, -0.1) is 0 Å². The molecule has 0 spiro atoms. The summed E-state index contributed by atoms with van der Waals surface area (Å²) in [6.45, 7) is 4.14. The first-order valence-corrected chi connectivity index (χ1v) is 6.39. The van der Waals surface area contributed by atoms with Gasteiger partial charge in [0.05, 0.1) is 10.7 Å². The van der Waals surface area contributed by atoms with E-state index in [1.54, 1.807) is 25.4 Å². The van der Waals surface area contributed by atoms with Crippen molar-refractivity contribution in [2.75, 3.05) is 13.7 Å². The Morgan fingerprint density at radius 2 is 2.26 bits per heavy atom. The summed E-state index contributed by atoms with van der Waals surface area (Å²) in [5.41, 5.74) is 1.68. The molecule has 0 amide bonds. The third-order valence-electron chi connectivity index (χ3n) is 2.45. The number of aromatic nitrogens is 1. The van der Waals surface area contributed by atoms with Gasteiger partial charge < -0.3 is 10.1 Å². The number of likely N-dealkylation sites (N-methyl/N-ethyl adjacent to an activating group) is 1. The number of nitrogens with one attached hydrogen (secondary N) is 1. The molecular formula is C14H18N2O2S. The van der Waals surface area contributed by atoms with Crippen LogP contribution in [-0.4, -0.2) is 29.6 Å². The van der Waals surface area contributed by atoms with Gasteiger partial charge in [-0.25, -0.2) is 0 Å². The van der Waals surface area contributed by atoms with Crippen LogP contribution in [0.2, 0.25) is 0 Å². The maximum absolute atomic E-state index is 12.1. The highest BCUT2D eigenvalue weighted by molar-refractivity contribution is 7.80. The number of thiocarbonyl (C=S) groups is 1. The molecule has 0 fully saturated rings. The second-order valence-corrected chi connectivity index (χ2v) is 4.65. The number of allylic oxidation sites excluding steroid dienone is 1. The Balaban J connectivity index is 2.84. The summed E-state index contributed by atoms with van der Waals surface area (Å²) in [5, 5.41) is 2.82. The standard InChI is InChI=1S/C14H18N2O2S/c1-10(2)7-9-18-14(17)12(13(19)15-3)11-6-4-5-8-16-11/h4-8,12H,9H2,1-3H3,(H,15,19). The number of pyridine rings is 1.